The number of nitrogens with zero attached hydrogens (tertiary/aromatic N) is 2. The SMILES string of the molecule is Cc1nc2cc(N)ccc2n1CCCS(C)=O. The van der Waals surface area contributed by atoms with Gasteiger partial charge in [-0.25, -0.2) is 4.98 Å². The molecule has 1 aromatic carbocycles. The first-order chi connectivity index (χ1) is 8.08. The van der Waals surface area contributed by atoms with Crippen LogP contribution in [0.25, 0.3) is 11.0 Å². The van der Waals surface area contributed by atoms with Crippen molar-refractivity contribution in [1.82, 2.24) is 9.55 Å². The normalized spacial score (nSPS) is 13.1. The number of fused-ring (bicyclic) bond motifs is 1. The van der Waals surface area contributed by atoms with Crippen molar-refractivity contribution in [3.05, 3.63) is 24.0 Å². The highest BCUT2D eigenvalue weighted by molar-refractivity contribution is 7.84. The molecular weight excluding hydrogens is 234 g/mol. The van der Waals surface area contributed by atoms with E-state index in [1.165, 1.54) is 0 Å². The third-order valence-corrected chi connectivity index (χ3v) is 3.64. The van der Waals surface area contributed by atoms with Crippen LogP contribution in [0.1, 0.15) is 12.2 Å². The Morgan fingerprint density at radius 2 is 2.24 bits per heavy atom. The molecule has 0 spiro atoms. The fourth-order valence-electron chi connectivity index (χ4n) is 1.98. The van der Waals surface area contributed by atoms with Gasteiger partial charge in [0.05, 0.1) is 11.0 Å². The molecule has 0 saturated heterocycles. The van der Waals surface area contributed by atoms with Gasteiger partial charge in [-0.3, -0.25) is 4.21 Å². The molecule has 0 saturated carbocycles. The molecule has 1 unspecified atom stereocenters. The molecule has 2 rings (SSSR count). The molecule has 4 nitrogen and oxygen atoms in total. The Hall–Kier alpha value is -1.36. The Morgan fingerprint density at radius 3 is 2.94 bits per heavy atom. The molecule has 0 aliphatic rings. The quantitative estimate of drug-likeness (QED) is 0.841. The van der Waals surface area contributed by atoms with Gasteiger partial charge in [0.2, 0.25) is 0 Å². The Balaban J connectivity index is 2.27. The lowest BCUT2D eigenvalue weighted by Gasteiger charge is -2.05. The summed E-state index contributed by atoms with van der Waals surface area (Å²) in [5, 5.41) is 0. The molecule has 1 aromatic heterocycles. The first-order valence-electron chi connectivity index (χ1n) is 5.60. The fraction of sp³-hybridized carbons (Fsp3) is 0.417. The number of hydrogen-bond acceptors (Lipinski definition) is 3. The number of anilines is 1. The van der Waals surface area contributed by atoms with E-state index in [4.69, 9.17) is 5.73 Å². The number of rotatable bonds is 4. The maximum atomic E-state index is 11.0. The zero-order valence-electron chi connectivity index (χ0n) is 10.1. The van der Waals surface area contributed by atoms with Crippen molar-refractivity contribution in [2.75, 3.05) is 17.7 Å². The topological polar surface area (TPSA) is 60.9 Å². The molecule has 92 valence electrons. The van der Waals surface area contributed by atoms with E-state index in [0.29, 0.717) is 0 Å². The lowest BCUT2D eigenvalue weighted by molar-refractivity contribution is 0.659. The maximum absolute atomic E-state index is 11.0. The van der Waals surface area contributed by atoms with Gasteiger partial charge >= 0.3 is 0 Å². The zero-order valence-corrected chi connectivity index (χ0v) is 11.0. The van der Waals surface area contributed by atoms with Gasteiger partial charge in [-0.1, -0.05) is 0 Å². The van der Waals surface area contributed by atoms with Crippen LogP contribution in [0.15, 0.2) is 18.2 Å². The van der Waals surface area contributed by atoms with Gasteiger partial charge < -0.3 is 10.3 Å². The van der Waals surface area contributed by atoms with Crippen LogP contribution in [0, 0.1) is 6.92 Å². The van der Waals surface area contributed by atoms with Crippen LogP contribution in [0.2, 0.25) is 0 Å². The summed E-state index contributed by atoms with van der Waals surface area (Å²) in [6.07, 6.45) is 2.64. The van der Waals surface area contributed by atoms with E-state index >= 15 is 0 Å². The number of aromatic nitrogens is 2. The van der Waals surface area contributed by atoms with E-state index in [2.05, 4.69) is 9.55 Å². The summed E-state index contributed by atoms with van der Waals surface area (Å²) in [4.78, 5) is 4.48. The van der Waals surface area contributed by atoms with Gasteiger partial charge in [-0.05, 0) is 31.5 Å². The standard InChI is InChI=1S/C12H17N3OS/c1-9-14-11-8-10(13)4-5-12(11)15(9)6-3-7-17(2)16/h4-5,8H,3,6-7,13H2,1-2H3. The fourth-order valence-corrected chi connectivity index (χ4v) is 2.51. The Bertz CT molecular complexity index is 562. The number of nitrogens with two attached hydrogens (primary N) is 1. The number of aryl methyl sites for hydroxylation is 2. The van der Waals surface area contributed by atoms with Crippen LogP contribution in [0.5, 0.6) is 0 Å². The lowest BCUT2D eigenvalue weighted by Crippen LogP contribution is -2.04. The van der Waals surface area contributed by atoms with Crippen molar-refractivity contribution in [2.24, 2.45) is 0 Å². The zero-order chi connectivity index (χ0) is 12.4. The van der Waals surface area contributed by atoms with Gasteiger partial charge in [0.1, 0.15) is 5.82 Å². The monoisotopic (exact) mass is 251 g/mol. The highest BCUT2D eigenvalue weighted by Gasteiger charge is 2.07. The molecule has 5 heteroatoms. The second kappa shape index (κ2) is 4.87. The highest BCUT2D eigenvalue weighted by atomic mass is 32.2. The minimum Gasteiger partial charge on any atom is -0.399 e. The van der Waals surface area contributed by atoms with Crippen LogP contribution in [0.4, 0.5) is 5.69 Å². The van der Waals surface area contributed by atoms with Gasteiger partial charge in [0.25, 0.3) is 0 Å². The van der Waals surface area contributed by atoms with Crippen LogP contribution >= 0.6 is 0 Å². The molecule has 2 N–H and O–H groups in total. The minimum atomic E-state index is -0.725. The molecule has 1 heterocycles. The van der Waals surface area contributed by atoms with E-state index in [-0.39, 0.29) is 0 Å². The number of imidazole rings is 1. The summed E-state index contributed by atoms with van der Waals surface area (Å²) < 4.78 is 13.2. The second-order valence-electron chi connectivity index (χ2n) is 4.19. The predicted octanol–water partition coefficient (Wildman–Crippen LogP) is 1.70. The van der Waals surface area contributed by atoms with Crippen molar-refractivity contribution in [3.63, 3.8) is 0 Å². The number of nitrogen functional groups attached to an aromatic ring is 1. The number of hydrogen-bond donors (Lipinski definition) is 1. The van der Waals surface area contributed by atoms with E-state index < -0.39 is 10.8 Å². The summed E-state index contributed by atoms with van der Waals surface area (Å²) in [5.41, 5.74) is 8.49. The number of benzene rings is 1. The smallest absolute Gasteiger partial charge is 0.106 e. The minimum absolute atomic E-state index is 0.725. The van der Waals surface area contributed by atoms with E-state index in [1.807, 2.05) is 25.1 Å². The van der Waals surface area contributed by atoms with Crippen molar-refractivity contribution in [1.29, 1.82) is 0 Å². The van der Waals surface area contributed by atoms with Gasteiger partial charge in [-0.15, -0.1) is 0 Å². The molecule has 17 heavy (non-hydrogen) atoms. The maximum Gasteiger partial charge on any atom is 0.106 e. The van der Waals surface area contributed by atoms with Gasteiger partial charge in [-0.2, -0.15) is 0 Å². The Labute approximate surface area is 103 Å². The molecule has 0 aliphatic carbocycles. The average Bonchev–Trinajstić information content (AvgIpc) is 2.54. The highest BCUT2D eigenvalue weighted by Crippen LogP contribution is 2.19. The summed E-state index contributed by atoms with van der Waals surface area (Å²) in [7, 11) is -0.725. The van der Waals surface area contributed by atoms with Gasteiger partial charge in [0.15, 0.2) is 0 Å². The van der Waals surface area contributed by atoms with E-state index in [1.54, 1.807) is 6.26 Å². The second-order valence-corrected chi connectivity index (χ2v) is 5.74. The first kappa shape index (κ1) is 12.1. The summed E-state index contributed by atoms with van der Waals surface area (Å²) in [6.45, 7) is 2.84. The van der Waals surface area contributed by atoms with Crippen LogP contribution in [0.3, 0.4) is 0 Å². The Kier molecular flexibility index (Phi) is 3.47. The van der Waals surface area contributed by atoms with Crippen molar-refractivity contribution in [2.45, 2.75) is 19.9 Å². The molecule has 0 radical (unpaired) electrons. The summed E-state index contributed by atoms with van der Waals surface area (Å²) >= 11 is 0. The predicted molar refractivity (Wildman–Crippen MR) is 72.4 cm³/mol. The van der Waals surface area contributed by atoms with Crippen molar-refractivity contribution in [3.8, 4) is 0 Å². The summed E-state index contributed by atoms with van der Waals surface area (Å²) in [6, 6.07) is 5.77. The van der Waals surface area contributed by atoms with Gasteiger partial charge in [0, 0.05) is 35.0 Å². The van der Waals surface area contributed by atoms with Crippen LogP contribution < -0.4 is 5.73 Å². The molecule has 0 fully saturated rings. The molecule has 0 amide bonds. The van der Waals surface area contributed by atoms with Crippen molar-refractivity contribution < 1.29 is 4.21 Å². The molecule has 0 bridgehead atoms. The van der Waals surface area contributed by atoms with Crippen molar-refractivity contribution >= 4 is 27.5 Å². The summed E-state index contributed by atoms with van der Waals surface area (Å²) in [5.74, 6) is 1.71. The van der Waals surface area contributed by atoms with E-state index in [0.717, 1.165) is 41.3 Å². The Morgan fingerprint density at radius 1 is 1.47 bits per heavy atom. The van der Waals surface area contributed by atoms with Crippen LogP contribution in [-0.4, -0.2) is 25.8 Å². The first-order valence-corrected chi connectivity index (χ1v) is 7.33. The molecular formula is C12H17N3OS. The van der Waals surface area contributed by atoms with Crippen LogP contribution in [-0.2, 0) is 17.3 Å². The molecule has 0 aliphatic heterocycles. The van der Waals surface area contributed by atoms with E-state index in [9.17, 15) is 4.21 Å². The third kappa shape index (κ3) is 2.66. The average molecular weight is 251 g/mol. The molecule has 2 aromatic rings. The largest absolute Gasteiger partial charge is 0.399 e. The molecule has 1 atom stereocenters. The lowest BCUT2D eigenvalue weighted by atomic mass is 10.3. The third-order valence-electron chi connectivity index (χ3n) is 2.78.